The molecule has 3 rings (SSSR count). The Balaban J connectivity index is 1.84. The molecule has 0 spiro atoms. The quantitative estimate of drug-likeness (QED) is 0.360. The molecule has 28 heavy (non-hydrogen) atoms. The average Bonchev–Trinajstić information content (AvgIpc) is 2.71. The van der Waals surface area contributed by atoms with Crippen LogP contribution in [0.15, 0.2) is 71.9 Å². The topological polar surface area (TPSA) is 66.7 Å². The maximum absolute atomic E-state index is 13.3. The number of hydroxylamine groups is 1. The van der Waals surface area contributed by atoms with E-state index in [0.29, 0.717) is 22.7 Å². The number of ether oxygens (including phenoxy) is 1. The van der Waals surface area contributed by atoms with Gasteiger partial charge in [-0.2, -0.15) is 0 Å². The van der Waals surface area contributed by atoms with Gasteiger partial charge in [0.1, 0.15) is 12.4 Å². The summed E-state index contributed by atoms with van der Waals surface area (Å²) < 4.78 is 19.1. The lowest BCUT2D eigenvalue weighted by Crippen LogP contribution is -2.21. The number of hydrogen-bond donors (Lipinski definition) is 2. The van der Waals surface area contributed by atoms with Gasteiger partial charge >= 0.3 is 0 Å². The molecule has 2 N–H and O–H groups in total. The highest BCUT2D eigenvalue weighted by molar-refractivity contribution is 6.01. The summed E-state index contributed by atoms with van der Waals surface area (Å²) in [6.45, 7) is 4.39. The van der Waals surface area contributed by atoms with Crippen molar-refractivity contribution in [1.82, 2.24) is 10.5 Å². The molecule has 0 fully saturated rings. The first-order chi connectivity index (χ1) is 13.6. The van der Waals surface area contributed by atoms with Gasteiger partial charge < -0.3 is 4.74 Å². The fourth-order valence-electron chi connectivity index (χ4n) is 2.67. The zero-order valence-electron chi connectivity index (χ0n) is 15.8. The van der Waals surface area contributed by atoms with Crippen molar-refractivity contribution < 1.29 is 14.3 Å². The molecule has 1 heterocycles. The zero-order chi connectivity index (χ0) is 19.9. The number of rotatable bonds is 6. The third-order valence-corrected chi connectivity index (χ3v) is 4.20. The summed E-state index contributed by atoms with van der Waals surface area (Å²) in [6.07, 6.45) is 1.58. The predicted molar refractivity (Wildman–Crippen MR) is 107 cm³/mol. The standard InChI is InChI=1S/C22H22FN3O2/c1-15(2)17-8-10-19(11-9-17)25-21(26-27)20-7-4-12-24-22(20)28-14-16-5-3-6-18(23)13-16/h3-13,15,27H,14H2,1-2H3,(H,25,26). The molecule has 0 unspecified atom stereocenters. The summed E-state index contributed by atoms with van der Waals surface area (Å²) in [5.41, 5.74) is 5.18. The van der Waals surface area contributed by atoms with Crippen molar-refractivity contribution in [3.8, 4) is 5.88 Å². The van der Waals surface area contributed by atoms with E-state index in [-0.39, 0.29) is 24.1 Å². The van der Waals surface area contributed by atoms with Crippen LogP contribution in [0.25, 0.3) is 0 Å². The van der Waals surface area contributed by atoms with E-state index < -0.39 is 0 Å². The lowest BCUT2D eigenvalue weighted by molar-refractivity contribution is 0.234. The van der Waals surface area contributed by atoms with E-state index in [2.05, 4.69) is 29.3 Å². The summed E-state index contributed by atoms with van der Waals surface area (Å²) in [4.78, 5) is 8.67. The summed E-state index contributed by atoms with van der Waals surface area (Å²) in [6, 6.07) is 17.4. The molecule has 0 radical (unpaired) electrons. The van der Waals surface area contributed by atoms with Gasteiger partial charge in [0.2, 0.25) is 5.88 Å². The zero-order valence-corrected chi connectivity index (χ0v) is 15.8. The van der Waals surface area contributed by atoms with Gasteiger partial charge in [0.25, 0.3) is 0 Å². The van der Waals surface area contributed by atoms with Crippen molar-refractivity contribution in [2.45, 2.75) is 26.4 Å². The number of pyridine rings is 1. The number of aliphatic imine (C=N–C) groups is 1. The van der Waals surface area contributed by atoms with Gasteiger partial charge in [-0.1, -0.05) is 38.1 Å². The number of benzene rings is 2. The van der Waals surface area contributed by atoms with E-state index in [4.69, 9.17) is 4.74 Å². The highest BCUT2D eigenvalue weighted by Gasteiger charge is 2.12. The van der Waals surface area contributed by atoms with Gasteiger partial charge in [0.05, 0.1) is 11.3 Å². The molecule has 0 amide bonds. The van der Waals surface area contributed by atoms with Crippen molar-refractivity contribution in [2.75, 3.05) is 0 Å². The Kier molecular flexibility index (Phi) is 6.34. The number of nitrogens with zero attached hydrogens (tertiary/aromatic N) is 2. The minimum Gasteiger partial charge on any atom is -0.472 e. The molecule has 0 aliphatic heterocycles. The first-order valence-corrected chi connectivity index (χ1v) is 8.98. The summed E-state index contributed by atoms with van der Waals surface area (Å²) in [7, 11) is 0. The maximum atomic E-state index is 13.3. The fraction of sp³-hybridized carbons (Fsp3) is 0.182. The van der Waals surface area contributed by atoms with Crippen molar-refractivity contribution >= 4 is 11.5 Å². The van der Waals surface area contributed by atoms with E-state index in [9.17, 15) is 9.60 Å². The molecule has 2 aromatic carbocycles. The van der Waals surface area contributed by atoms with Crippen LogP contribution in [-0.2, 0) is 6.61 Å². The second-order valence-corrected chi connectivity index (χ2v) is 6.59. The number of hydrogen-bond acceptors (Lipinski definition) is 4. The molecule has 3 aromatic rings. The van der Waals surface area contributed by atoms with Gasteiger partial charge in [-0.05, 0) is 53.4 Å². The van der Waals surface area contributed by atoms with Crippen molar-refractivity contribution in [3.63, 3.8) is 0 Å². The number of aromatic nitrogens is 1. The number of halogens is 1. The van der Waals surface area contributed by atoms with Gasteiger partial charge in [0.15, 0.2) is 5.84 Å². The Morgan fingerprint density at radius 2 is 1.93 bits per heavy atom. The molecule has 0 saturated heterocycles. The normalized spacial score (nSPS) is 11.5. The maximum Gasteiger partial charge on any atom is 0.224 e. The highest BCUT2D eigenvalue weighted by Crippen LogP contribution is 2.22. The van der Waals surface area contributed by atoms with E-state index in [1.807, 2.05) is 24.3 Å². The summed E-state index contributed by atoms with van der Waals surface area (Å²) in [5.74, 6) is 0.589. The van der Waals surface area contributed by atoms with Crippen LogP contribution in [0.2, 0.25) is 0 Å². The summed E-state index contributed by atoms with van der Waals surface area (Å²) in [5, 5.41) is 9.62. The van der Waals surface area contributed by atoms with Gasteiger partial charge in [-0.25, -0.2) is 14.4 Å². The van der Waals surface area contributed by atoms with Gasteiger partial charge in [-0.15, -0.1) is 0 Å². The molecule has 5 nitrogen and oxygen atoms in total. The molecule has 0 aliphatic rings. The lowest BCUT2D eigenvalue weighted by atomic mass is 10.0. The van der Waals surface area contributed by atoms with Crippen LogP contribution >= 0.6 is 0 Å². The first kappa shape index (κ1) is 19.5. The van der Waals surface area contributed by atoms with Crippen LogP contribution in [0.5, 0.6) is 5.88 Å². The van der Waals surface area contributed by atoms with E-state index in [1.54, 1.807) is 30.5 Å². The Morgan fingerprint density at radius 3 is 2.61 bits per heavy atom. The van der Waals surface area contributed by atoms with E-state index in [0.717, 1.165) is 0 Å². The molecule has 0 aliphatic carbocycles. The Morgan fingerprint density at radius 1 is 1.14 bits per heavy atom. The molecule has 0 atom stereocenters. The first-order valence-electron chi connectivity index (χ1n) is 8.98. The van der Waals surface area contributed by atoms with Crippen LogP contribution in [0.4, 0.5) is 10.1 Å². The number of amidine groups is 1. The lowest BCUT2D eigenvalue weighted by Gasteiger charge is -2.12. The van der Waals surface area contributed by atoms with Crippen LogP contribution in [0.1, 0.15) is 36.5 Å². The second kappa shape index (κ2) is 9.10. The summed E-state index contributed by atoms with van der Waals surface area (Å²) >= 11 is 0. The third kappa shape index (κ3) is 4.92. The van der Waals surface area contributed by atoms with Gasteiger partial charge in [-0.3, -0.25) is 10.7 Å². The highest BCUT2D eigenvalue weighted by atomic mass is 19.1. The molecular weight excluding hydrogens is 357 g/mol. The van der Waals surface area contributed by atoms with Crippen molar-refractivity contribution in [3.05, 3.63) is 89.4 Å². The smallest absolute Gasteiger partial charge is 0.224 e. The Bertz CT molecular complexity index is 956. The van der Waals surface area contributed by atoms with Crippen LogP contribution in [0, 0.1) is 5.82 Å². The van der Waals surface area contributed by atoms with E-state index in [1.165, 1.54) is 17.7 Å². The number of nitrogens with one attached hydrogen (secondary N) is 1. The second-order valence-electron chi connectivity index (χ2n) is 6.59. The Hall–Kier alpha value is -3.25. The minimum atomic E-state index is -0.327. The van der Waals surface area contributed by atoms with Crippen LogP contribution < -0.4 is 10.2 Å². The molecule has 0 bridgehead atoms. The minimum absolute atomic E-state index is 0.142. The molecular formula is C22H22FN3O2. The fourth-order valence-corrected chi connectivity index (χ4v) is 2.67. The molecule has 1 aromatic heterocycles. The molecule has 0 saturated carbocycles. The van der Waals surface area contributed by atoms with E-state index >= 15 is 0 Å². The van der Waals surface area contributed by atoms with Gasteiger partial charge in [0, 0.05) is 6.20 Å². The van der Waals surface area contributed by atoms with Crippen LogP contribution in [-0.4, -0.2) is 16.0 Å². The monoisotopic (exact) mass is 379 g/mol. The largest absolute Gasteiger partial charge is 0.472 e. The predicted octanol–water partition coefficient (Wildman–Crippen LogP) is 4.98. The van der Waals surface area contributed by atoms with Crippen LogP contribution in [0.3, 0.4) is 0 Å². The molecule has 144 valence electrons. The van der Waals surface area contributed by atoms with Crippen molar-refractivity contribution in [1.29, 1.82) is 0 Å². The SMILES string of the molecule is CC(C)c1ccc(N=C(NO)c2cccnc2OCc2cccc(F)c2)cc1. The average molecular weight is 379 g/mol. The van der Waals surface area contributed by atoms with Crippen molar-refractivity contribution in [2.24, 2.45) is 4.99 Å². The third-order valence-electron chi connectivity index (χ3n) is 4.20. The Labute approximate surface area is 163 Å². The molecule has 6 heteroatoms.